The standard InChI is InChI=1S/C26H28N2O7/c1-15-7-6-10-19-24(15)26(32)28(25(19)31)20(14-23(30)27-35-16(2)29)17-11-12-21(33-3)22(13-17)34-18-8-4-5-9-18/h6-7,10-13,18,20H,4-5,8-9,14H2,1-3H3,(H,27,30)/t20-/m1/s1. The normalized spacial score (nSPS) is 16.1. The number of carbonyl (C=O) groups is 4. The number of methoxy groups -OCH3 is 1. The molecule has 2 aromatic carbocycles. The number of amides is 3. The van der Waals surface area contributed by atoms with Crippen LogP contribution in [0.25, 0.3) is 0 Å². The third kappa shape index (κ3) is 4.99. The van der Waals surface area contributed by atoms with Crippen LogP contribution in [0.3, 0.4) is 0 Å². The third-order valence-electron chi connectivity index (χ3n) is 6.32. The number of imide groups is 1. The smallest absolute Gasteiger partial charge is 0.329 e. The molecule has 9 heteroatoms. The van der Waals surface area contributed by atoms with Crippen LogP contribution in [0.2, 0.25) is 0 Å². The largest absolute Gasteiger partial charge is 0.493 e. The molecule has 1 fully saturated rings. The Kier molecular flexibility index (Phi) is 7.04. The van der Waals surface area contributed by atoms with E-state index >= 15 is 0 Å². The zero-order valence-electron chi connectivity index (χ0n) is 20.0. The SMILES string of the molecule is COc1ccc([C@@H](CC(=O)NOC(C)=O)N2C(=O)c3cccc(C)c3C2=O)cc1OC1CCCC1. The van der Waals surface area contributed by atoms with Gasteiger partial charge in [0.05, 0.1) is 36.8 Å². The van der Waals surface area contributed by atoms with Gasteiger partial charge in [-0.2, -0.15) is 5.48 Å². The molecule has 2 aliphatic rings. The molecule has 35 heavy (non-hydrogen) atoms. The molecule has 1 aliphatic heterocycles. The Hall–Kier alpha value is -3.88. The molecule has 184 valence electrons. The summed E-state index contributed by atoms with van der Waals surface area (Å²) in [5, 5.41) is 0. The second-order valence-corrected chi connectivity index (χ2v) is 8.75. The maximum Gasteiger partial charge on any atom is 0.329 e. The van der Waals surface area contributed by atoms with Crippen molar-refractivity contribution in [3.63, 3.8) is 0 Å². The van der Waals surface area contributed by atoms with Gasteiger partial charge in [-0.05, 0) is 61.9 Å². The minimum Gasteiger partial charge on any atom is -0.493 e. The summed E-state index contributed by atoms with van der Waals surface area (Å²) in [5.74, 6) is -1.33. The van der Waals surface area contributed by atoms with Crippen LogP contribution in [-0.4, -0.2) is 41.8 Å². The third-order valence-corrected chi connectivity index (χ3v) is 6.32. The van der Waals surface area contributed by atoms with Gasteiger partial charge in [0.2, 0.25) is 0 Å². The summed E-state index contributed by atoms with van der Waals surface area (Å²) in [7, 11) is 1.54. The van der Waals surface area contributed by atoms with Gasteiger partial charge < -0.3 is 14.3 Å². The Morgan fingerprint density at radius 2 is 1.83 bits per heavy atom. The highest BCUT2D eigenvalue weighted by Gasteiger charge is 2.42. The summed E-state index contributed by atoms with van der Waals surface area (Å²) < 4.78 is 11.6. The van der Waals surface area contributed by atoms with Crippen LogP contribution >= 0.6 is 0 Å². The molecular formula is C26H28N2O7. The Morgan fingerprint density at radius 3 is 2.49 bits per heavy atom. The van der Waals surface area contributed by atoms with Crippen molar-refractivity contribution in [2.75, 3.05) is 7.11 Å². The molecule has 3 amide bonds. The van der Waals surface area contributed by atoms with Crippen molar-refractivity contribution in [1.82, 2.24) is 10.4 Å². The van der Waals surface area contributed by atoms with Crippen molar-refractivity contribution in [3.05, 3.63) is 58.7 Å². The highest BCUT2D eigenvalue weighted by molar-refractivity contribution is 6.22. The van der Waals surface area contributed by atoms with Gasteiger partial charge in [-0.1, -0.05) is 18.2 Å². The summed E-state index contributed by atoms with van der Waals surface area (Å²) >= 11 is 0. The summed E-state index contributed by atoms with van der Waals surface area (Å²) in [6, 6.07) is 9.21. The molecule has 1 atom stereocenters. The fourth-order valence-electron chi connectivity index (χ4n) is 4.64. The van der Waals surface area contributed by atoms with Crippen LogP contribution in [0, 0.1) is 6.92 Å². The van der Waals surface area contributed by atoms with Crippen LogP contribution in [0.5, 0.6) is 11.5 Å². The topological polar surface area (TPSA) is 111 Å². The van der Waals surface area contributed by atoms with Gasteiger partial charge in [0.25, 0.3) is 17.7 Å². The van der Waals surface area contributed by atoms with E-state index in [0.29, 0.717) is 28.2 Å². The second-order valence-electron chi connectivity index (χ2n) is 8.75. The minimum absolute atomic E-state index is 0.0480. The van der Waals surface area contributed by atoms with Gasteiger partial charge in [0, 0.05) is 6.92 Å². The van der Waals surface area contributed by atoms with Crippen LogP contribution in [0.4, 0.5) is 0 Å². The number of benzene rings is 2. The first-order chi connectivity index (χ1) is 16.8. The Bertz CT molecular complexity index is 1170. The molecule has 0 spiro atoms. The maximum absolute atomic E-state index is 13.4. The fourth-order valence-corrected chi connectivity index (χ4v) is 4.64. The van der Waals surface area contributed by atoms with E-state index in [4.69, 9.17) is 9.47 Å². The van der Waals surface area contributed by atoms with Crippen molar-refractivity contribution in [2.45, 2.75) is 58.1 Å². The Labute approximate surface area is 203 Å². The van der Waals surface area contributed by atoms with Crippen molar-refractivity contribution >= 4 is 23.7 Å². The van der Waals surface area contributed by atoms with Crippen molar-refractivity contribution < 1.29 is 33.5 Å². The molecule has 0 saturated heterocycles. The molecule has 0 bridgehead atoms. The number of nitrogens with one attached hydrogen (secondary N) is 1. The highest BCUT2D eigenvalue weighted by Crippen LogP contribution is 2.39. The lowest BCUT2D eigenvalue weighted by Crippen LogP contribution is -2.38. The van der Waals surface area contributed by atoms with E-state index in [1.807, 2.05) is 0 Å². The van der Waals surface area contributed by atoms with Gasteiger partial charge in [0.1, 0.15) is 0 Å². The van der Waals surface area contributed by atoms with Crippen molar-refractivity contribution in [3.8, 4) is 11.5 Å². The molecule has 4 rings (SSSR count). The fraction of sp³-hybridized carbons (Fsp3) is 0.385. The van der Waals surface area contributed by atoms with E-state index in [2.05, 4.69) is 10.3 Å². The minimum atomic E-state index is -0.964. The molecule has 1 N–H and O–H groups in total. The summed E-state index contributed by atoms with van der Waals surface area (Å²) in [6.07, 6.45) is 3.76. The first-order valence-electron chi connectivity index (χ1n) is 11.6. The van der Waals surface area contributed by atoms with Crippen LogP contribution < -0.4 is 15.0 Å². The van der Waals surface area contributed by atoms with Gasteiger partial charge in [0.15, 0.2) is 11.5 Å². The van der Waals surface area contributed by atoms with E-state index in [9.17, 15) is 19.2 Å². The van der Waals surface area contributed by atoms with E-state index in [1.54, 1.807) is 43.3 Å². The Balaban J connectivity index is 1.72. The van der Waals surface area contributed by atoms with E-state index in [1.165, 1.54) is 7.11 Å². The number of rotatable bonds is 7. The zero-order chi connectivity index (χ0) is 25.1. The van der Waals surface area contributed by atoms with Crippen LogP contribution in [0.1, 0.15) is 76.9 Å². The molecule has 2 aromatic rings. The lowest BCUT2D eigenvalue weighted by Gasteiger charge is -2.27. The molecule has 9 nitrogen and oxygen atoms in total. The number of nitrogens with zero attached hydrogens (tertiary/aromatic N) is 1. The molecular weight excluding hydrogens is 452 g/mol. The number of hydroxylamine groups is 1. The molecule has 1 heterocycles. The van der Waals surface area contributed by atoms with E-state index < -0.39 is 29.7 Å². The predicted octanol–water partition coefficient (Wildman–Crippen LogP) is 3.65. The molecule has 1 aliphatic carbocycles. The van der Waals surface area contributed by atoms with Gasteiger partial charge in [-0.25, -0.2) is 0 Å². The van der Waals surface area contributed by atoms with Crippen LogP contribution in [-0.2, 0) is 14.4 Å². The average Bonchev–Trinajstić information content (AvgIpc) is 3.43. The molecule has 0 radical (unpaired) electrons. The van der Waals surface area contributed by atoms with E-state index in [-0.39, 0.29) is 18.1 Å². The lowest BCUT2D eigenvalue weighted by molar-refractivity contribution is -0.156. The maximum atomic E-state index is 13.4. The monoisotopic (exact) mass is 480 g/mol. The number of aryl methyl sites for hydroxylation is 1. The predicted molar refractivity (Wildman–Crippen MR) is 125 cm³/mol. The number of ether oxygens (including phenoxy) is 2. The van der Waals surface area contributed by atoms with Crippen LogP contribution in [0.15, 0.2) is 36.4 Å². The Morgan fingerprint density at radius 1 is 1.09 bits per heavy atom. The van der Waals surface area contributed by atoms with E-state index in [0.717, 1.165) is 37.5 Å². The van der Waals surface area contributed by atoms with Gasteiger partial charge in [-0.15, -0.1) is 0 Å². The highest BCUT2D eigenvalue weighted by atomic mass is 16.7. The quantitative estimate of drug-likeness (QED) is 0.476. The van der Waals surface area contributed by atoms with Gasteiger partial charge >= 0.3 is 5.97 Å². The van der Waals surface area contributed by atoms with Gasteiger partial charge in [-0.3, -0.25) is 24.1 Å². The number of hydrogen-bond donors (Lipinski definition) is 1. The lowest BCUT2D eigenvalue weighted by atomic mass is 10.0. The molecule has 1 saturated carbocycles. The summed E-state index contributed by atoms with van der Waals surface area (Å²) in [6.45, 7) is 2.91. The van der Waals surface area contributed by atoms with Crippen molar-refractivity contribution in [2.24, 2.45) is 0 Å². The molecule has 0 aromatic heterocycles. The first kappa shape index (κ1) is 24.3. The second kappa shape index (κ2) is 10.2. The zero-order valence-corrected chi connectivity index (χ0v) is 20.0. The van der Waals surface area contributed by atoms with Crippen molar-refractivity contribution in [1.29, 1.82) is 0 Å². The summed E-state index contributed by atoms with van der Waals surface area (Å²) in [5.41, 5.74) is 3.87. The summed E-state index contributed by atoms with van der Waals surface area (Å²) in [4.78, 5) is 56.2. The number of hydrogen-bond acceptors (Lipinski definition) is 7. The average molecular weight is 481 g/mol. The number of fused-ring (bicyclic) bond motifs is 1. The first-order valence-corrected chi connectivity index (χ1v) is 11.6. The molecule has 0 unspecified atom stereocenters. The number of carbonyl (C=O) groups excluding carboxylic acids is 4.